The second-order valence-electron chi connectivity index (χ2n) is 3.40. The molecule has 2 rings (SSSR count). The van der Waals surface area contributed by atoms with Crippen LogP contribution < -0.4 is 5.73 Å². The summed E-state index contributed by atoms with van der Waals surface area (Å²) >= 11 is 0. The zero-order valence-electron chi connectivity index (χ0n) is 7.77. The summed E-state index contributed by atoms with van der Waals surface area (Å²) in [4.78, 5) is 15.4. The van der Waals surface area contributed by atoms with Crippen molar-refractivity contribution in [3.8, 4) is 0 Å². The summed E-state index contributed by atoms with van der Waals surface area (Å²) in [5, 5.41) is 0. The van der Waals surface area contributed by atoms with E-state index in [2.05, 4.69) is 4.98 Å². The van der Waals surface area contributed by atoms with Crippen LogP contribution in [0.25, 0.3) is 0 Å². The maximum atomic E-state index is 11.5. The van der Waals surface area contributed by atoms with E-state index in [4.69, 9.17) is 10.5 Å². The Hall–Kier alpha value is -1.58. The number of pyridine rings is 1. The topological polar surface area (TPSA) is 65.2 Å². The molecule has 1 aliphatic rings. The van der Waals surface area contributed by atoms with Gasteiger partial charge in [0.05, 0.1) is 5.69 Å². The van der Waals surface area contributed by atoms with E-state index in [0.29, 0.717) is 5.69 Å². The number of esters is 1. The van der Waals surface area contributed by atoms with Crippen molar-refractivity contribution in [2.45, 2.75) is 25.4 Å². The van der Waals surface area contributed by atoms with Gasteiger partial charge in [-0.25, -0.2) is 9.78 Å². The number of aromatic nitrogens is 1. The number of nitrogens with zero attached hydrogens (tertiary/aromatic N) is 1. The van der Waals surface area contributed by atoms with Crippen LogP contribution in [0.1, 0.15) is 29.8 Å². The van der Waals surface area contributed by atoms with Crippen LogP contribution in [-0.4, -0.2) is 17.1 Å². The van der Waals surface area contributed by atoms with E-state index in [1.54, 1.807) is 12.1 Å². The van der Waals surface area contributed by atoms with Gasteiger partial charge in [0.1, 0.15) is 6.10 Å². The standard InChI is InChI=1S/C10H12N2O2/c11-8-5-2-6-12-9(8)10(13)14-7-3-1-4-7/h2,5-7H,1,3-4,11H2. The number of carbonyl (C=O) groups excluding carboxylic acids is 1. The third-order valence-electron chi connectivity index (χ3n) is 2.36. The molecule has 0 aliphatic heterocycles. The summed E-state index contributed by atoms with van der Waals surface area (Å²) in [6.07, 6.45) is 4.66. The summed E-state index contributed by atoms with van der Waals surface area (Å²) < 4.78 is 5.17. The van der Waals surface area contributed by atoms with E-state index < -0.39 is 5.97 Å². The van der Waals surface area contributed by atoms with Gasteiger partial charge in [0, 0.05) is 6.20 Å². The minimum absolute atomic E-state index is 0.0731. The molecule has 0 amide bonds. The molecular weight excluding hydrogens is 180 g/mol. The molecular formula is C10H12N2O2. The number of carbonyl (C=O) groups is 1. The Morgan fingerprint density at radius 3 is 2.93 bits per heavy atom. The average Bonchev–Trinajstić information content (AvgIpc) is 2.12. The quantitative estimate of drug-likeness (QED) is 0.719. The van der Waals surface area contributed by atoms with E-state index in [1.807, 2.05) is 0 Å². The fourth-order valence-corrected chi connectivity index (χ4v) is 1.28. The smallest absolute Gasteiger partial charge is 0.359 e. The van der Waals surface area contributed by atoms with Crippen LogP contribution in [0.5, 0.6) is 0 Å². The fourth-order valence-electron chi connectivity index (χ4n) is 1.28. The Morgan fingerprint density at radius 1 is 1.57 bits per heavy atom. The molecule has 1 aliphatic carbocycles. The van der Waals surface area contributed by atoms with Gasteiger partial charge in [-0.05, 0) is 31.4 Å². The highest BCUT2D eigenvalue weighted by Crippen LogP contribution is 2.23. The molecule has 0 spiro atoms. The van der Waals surface area contributed by atoms with E-state index >= 15 is 0 Å². The molecule has 74 valence electrons. The van der Waals surface area contributed by atoms with Crippen molar-refractivity contribution in [1.82, 2.24) is 4.98 Å². The Balaban J connectivity index is 2.06. The van der Waals surface area contributed by atoms with Crippen LogP contribution in [0.2, 0.25) is 0 Å². The lowest BCUT2D eigenvalue weighted by atomic mass is 9.96. The van der Waals surface area contributed by atoms with Crippen LogP contribution in [-0.2, 0) is 4.74 Å². The summed E-state index contributed by atoms with van der Waals surface area (Å²) in [6, 6.07) is 3.33. The van der Waals surface area contributed by atoms with Crippen molar-refractivity contribution < 1.29 is 9.53 Å². The summed E-state index contributed by atoms with van der Waals surface area (Å²) in [7, 11) is 0. The molecule has 0 atom stereocenters. The van der Waals surface area contributed by atoms with E-state index in [9.17, 15) is 4.79 Å². The third kappa shape index (κ3) is 1.69. The first-order valence-electron chi connectivity index (χ1n) is 4.69. The number of anilines is 1. The van der Waals surface area contributed by atoms with Gasteiger partial charge in [-0.1, -0.05) is 0 Å². The van der Waals surface area contributed by atoms with Crippen LogP contribution >= 0.6 is 0 Å². The number of hydrogen-bond acceptors (Lipinski definition) is 4. The monoisotopic (exact) mass is 192 g/mol. The van der Waals surface area contributed by atoms with Crippen molar-refractivity contribution in [2.75, 3.05) is 5.73 Å². The summed E-state index contributed by atoms with van der Waals surface area (Å²) in [5.74, 6) is -0.409. The SMILES string of the molecule is Nc1cccnc1C(=O)OC1CCC1. The predicted molar refractivity (Wildman–Crippen MR) is 51.7 cm³/mol. The second kappa shape index (κ2) is 3.65. The Kier molecular flexibility index (Phi) is 2.35. The first-order chi connectivity index (χ1) is 6.77. The van der Waals surface area contributed by atoms with Gasteiger partial charge in [-0.2, -0.15) is 0 Å². The Labute approximate surface area is 82.1 Å². The molecule has 0 aromatic carbocycles. The van der Waals surface area contributed by atoms with Crippen molar-refractivity contribution in [1.29, 1.82) is 0 Å². The van der Waals surface area contributed by atoms with Crippen LogP contribution in [0.4, 0.5) is 5.69 Å². The highest BCUT2D eigenvalue weighted by molar-refractivity contribution is 5.92. The number of nitrogens with two attached hydrogens (primary N) is 1. The highest BCUT2D eigenvalue weighted by Gasteiger charge is 2.23. The molecule has 4 nitrogen and oxygen atoms in total. The van der Waals surface area contributed by atoms with Crippen molar-refractivity contribution >= 4 is 11.7 Å². The summed E-state index contributed by atoms with van der Waals surface area (Å²) in [6.45, 7) is 0. The van der Waals surface area contributed by atoms with Crippen LogP contribution in [0.15, 0.2) is 18.3 Å². The lowest BCUT2D eigenvalue weighted by Gasteiger charge is -2.24. The number of rotatable bonds is 2. The Bertz CT molecular complexity index is 348. The number of ether oxygens (including phenoxy) is 1. The number of nitrogen functional groups attached to an aromatic ring is 1. The van der Waals surface area contributed by atoms with Gasteiger partial charge in [0.15, 0.2) is 5.69 Å². The van der Waals surface area contributed by atoms with Gasteiger partial charge >= 0.3 is 5.97 Å². The van der Waals surface area contributed by atoms with Crippen molar-refractivity contribution in [3.63, 3.8) is 0 Å². The predicted octanol–water partition coefficient (Wildman–Crippen LogP) is 1.37. The molecule has 4 heteroatoms. The van der Waals surface area contributed by atoms with E-state index in [1.165, 1.54) is 6.20 Å². The van der Waals surface area contributed by atoms with Crippen molar-refractivity contribution in [2.24, 2.45) is 0 Å². The van der Waals surface area contributed by atoms with E-state index in [-0.39, 0.29) is 11.8 Å². The van der Waals surface area contributed by atoms with Crippen molar-refractivity contribution in [3.05, 3.63) is 24.0 Å². The molecule has 2 N–H and O–H groups in total. The molecule has 1 fully saturated rings. The first-order valence-corrected chi connectivity index (χ1v) is 4.69. The van der Waals surface area contributed by atoms with Gasteiger partial charge < -0.3 is 10.5 Å². The van der Waals surface area contributed by atoms with Gasteiger partial charge in [0.2, 0.25) is 0 Å². The molecule has 1 aromatic heterocycles. The van der Waals surface area contributed by atoms with Crippen LogP contribution in [0, 0.1) is 0 Å². The van der Waals surface area contributed by atoms with Crippen LogP contribution in [0.3, 0.4) is 0 Å². The lowest BCUT2D eigenvalue weighted by Crippen LogP contribution is -2.25. The third-order valence-corrected chi connectivity index (χ3v) is 2.36. The zero-order valence-corrected chi connectivity index (χ0v) is 7.77. The second-order valence-corrected chi connectivity index (χ2v) is 3.40. The maximum Gasteiger partial charge on any atom is 0.359 e. The normalized spacial score (nSPS) is 16.0. The minimum Gasteiger partial charge on any atom is -0.458 e. The molecule has 0 bridgehead atoms. The molecule has 1 heterocycles. The number of hydrogen-bond donors (Lipinski definition) is 1. The highest BCUT2D eigenvalue weighted by atomic mass is 16.5. The molecule has 0 saturated heterocycles. The molecule has 0 radical (unpaired) electrons. The summed E-state index contributed by atoms with van der Waals surface area (Å²) in [5.41, 5.74) is 6.19. The molecule has 0 unspecified atom stereocenters. The fraction of sp³-hybridized carbons (Fsp3) is 0.400. The lowest BCUT2D eigenvalue weighted by molar-refractivity contribution is 0.00850. The molecule has 1 saturated carbocycles. The average molecular weight is 192 g/mol. The van der Waals surface area contributed by atoms with Gasteiger partial charge in [-0.3, -0.25) is 0 Å². The molecule has 14 heavy (non-hydrogen) atoms. The Morgan fingerprint density at radius 2 is 2.36 bits per heavy atom. The minimum atomic E-state index is -0.409. The maximum absolute atomic E-state index is 11.5. The van der Waals surface area contributed by atoms with E-state index in [0.717, 1.165) is 19.3 Å². The first kappa shape index (κ1) is 8.99. The van der Waals surface area contributed by atoms with Gasteiger partial charge in [0.25, 0.3) is 0 Å². The molecule has 1 aromatic rings. The zero-order chi connectivity index (χ0) is 9.97. The largest absolute Gasteiger partial charge is 0.458 e. The van der Waals surface area contributed by atoms with Gasteiger partial charge in [-0.15, -0.1) is 0 Å².